The van der Waals surface area contributed by atoms with Crippen LogP contribution in [0.5, 0.6) is 0 Å². The van der Waals surface area contributed by atoms with E-state index in [4.69, 9.17) is 11.6 Å². The van der Waals surface area contributed by atoms with E-state index in [0.29, 0.717) is 5.02 Å². The number of aryl methyl sites for hydroxylation is 1. The van der Waals surface area contributed by atoms with Crippen molar-refractivity contribution >= 4 is 22.4 Å². The van der Waals surface area contributed by atoms with Gasteiger partial charge in [0.1, 0.15) is 0 Å². The third kappa shape index (κ3) is 1.85. The van der Waals surface area contributed by atoms with Gasteiger partial charge in [-0.15, -0.1) is 0 Å². The first kappa shape index (κ1) is 11.2. The molecule has 0 fully saturated rings. The summed E-state index contributed by atoms with van der Waals surface area (Å²) in [5, 5.41) is 2.70. The Balaban J connectivity index is 2.28. The first-order valence-corrected chi connectivity index (χ1v) is 6.00. The van der Waals surface area contributed by atoms with Gasteiger partial charge in [0.05, 0.1) is 11.2 Å². The smallest absolute Gasteiger partial charge is 0.0892 e. The highest BCUT2D eigenvalue weighted by Crippen LogP contribution is 2.31. The van der Waals surface area contributed by atoms with Gasteiger partial charge in [0.2, 0.25) is 0 Å². The lowest BCUT2D eigenvalue weighted by Crippen LogP contribution is -1.86. The third-order valence-corrected chi connectivity index (χ3v) is 3.29. The van der Waals surface area contributed by atoms with E-state index >= 15 is 0 Å². The van der Waals surface area contributed by atoms with Crippen molar-refractivity contribution in [3.05, 3.63) is 59.6 Å². The van der Waals surface area contributed by atoms with Crippen LogP contribution in [0.25, 0.3) is 21.9 Å². The number of pyridine rings is 2. The van der Waals surface area contributed by atoms with Crippen molar-refractivity contribution in [2.45, 2.75) is 6.92 Å². The highest BCUT2D eigenvalue weighted by atomic mass is 35.5. The quantitative estimate of drug-likeness (QED) is 0.654. The van der Waals surface area contributed by atoms with Crippen LogP contribution in [0.2, 0.25) is 5.02 Å². The second-order valence-corrected chi connectivity index (χ2v) is 4.59. The predicted molar refractivity (Wildman–Crippen MR) is 73.6 cm³/mol. The van der Waals surface area contributed by atoms with Crippen LogP contribution in [0, 0.1) is 13.1 Å². The van der Waals surface area contributed by atoms with Gasteiger partial charge in [-0.3, -0.25) is 9.97 Å². The Morgan fingerprint density at radius 1 is 1.22 bits per heavy atom. The van der Waals surface area contributed by atoms with Gasteiger partial charge >= 0.3 is 0 Å². The standard InChI is InChI=1S/C15H10ClN2/c1-10-8-17-5-3-13(10)12-6-11-2-4-18-9-14(11)15(16)7-12/h2-3,5-9H,1H3. The van der Waals surface area contributed by atoms with Gasteiger partial charge in [-0.05, 0) is 53.3 Å². The molecule has 0 bridgehead atoms. The maximum Gasteiger partial charge on any atom is 0.0892 e. The summed E-state index contributed by atoms with van der Waals surface area (Å²) in [5.74, 6) is 0. The molecule has 87 valence electrons. The Morgan fingerprint density at radius 2 is 2.11 bits per heavy atom. The van der Waals surface area contributed by atoms with E-state index < -0.39 is 0 Å². The van der Waals surface area contributed by atoms with E-state index in [2.05, 4.69) is 22.2 Å². The summed E-state index contributed by atoms with van der Waals surface area (Å²) < 4.78 is 0. The summed E-state index contributed by atoms with van der Waals surface area (Å²) >= 11 is 6.29. The summed E-state index contributed by atoms with van der Waals surface area (Å²) in [4.78, 5) is 8.08. The van der Waals surface area contributed by atoms with E-state index in [0.717, 1.165) is 27.5 Å². The van der Waals surface area contributed by atoms with Crippen LogP contribution >= 0.6 is 11.6 Å². The van der Waals surface area contributed by atoms with Crippen molar-refractivity contribution < 1.29 is 0 Å². The Bertz CT molecular complexity index is 723. The number of hydrogen-bond acceptors (Lipinski definition) is 2. The normalized spacial score (nSPS) is 10.8. The topological polar surface area (TPSA) is 25.8 Å². The first-order chi connectivity index (χ1) is 8.75. The predicted octanol–water partition coefficient (Wildman–Crippen LogP) is 4.06. The molecule has 3 aromatic rings. The minimum Gasteiger partial charge on any atom is -0.264 e. The molecular weight excluding hydrogens is 244 g/mol. The number of nitrogens with zero attached hydrogens (tertiary/aromatic N) is 2. The van der Waals surface area contributed by atoms with Crippen LogP contribution in [0.15, 0.2) is 42.9 Å². The van der Waals surface area contributed by atoms with Gasteiger partial charge in [-0.25, -0.2) is 0 Å². The van der Waals surface area contributed by atoms with Crippen molar-refractivity contribution in [3.8, 4) is 11.1 Å². The third-order valence-electron chi connectivity index (χ3n) is 2.98. The lowest BCUT2D eigenvalue weighted by atomic mass is 10.00. The van der Waals surface area contributed by atoms with Gasteiger partial charge < -0.3 is 0 Å². The lowest BCUT2D eigenvalue weighted by Gasteiger charge is -2.08. The first-order valence-electron chi connectivity index (χ1n) is 5.62. The molecule has 2 heterocycles. The Kier molecular flexibility index (Phi) is 2.73. The fraction of sp³-hybridized carbons (Fsp3) is 0.0667. The van der Waals surface area contributed by atoms with Gasteiger partial charge in [0.25, 0.3) is 0 Å². The molecule has 1 aromatic carbocycles. The number of hydrogen-bond donors (Lipinski definition) is 0. The zero-order valence-electron chi connectivity index (χ0n) is 9.81. The Hall–Kier alpha value is -1.93. The van der Waals surface area contributed by atoms with Gasteiger partial charge in [-0.1, -0.05) is 11.6 Å². The number of halogens is 1. The van der Waals surface area contributed by atoms with E-state index in [9.17, 15) is 0 Å². The average Bonchev–Trinajstić information content (AvgIpc) is 2.39. The maximum atomic E-state index is 6.29. The summed E-state index contributed by atoms with van der Waals surface area (Å²) in [6.07, 6.45) is 8.22. The molecule has 0 aliphatic rings. The monoisotopic (exact) mass is 253 g/mol. The molecule has 0 spiro atoms. The van der Waals surface area contributed by atoms with E-state index in [1.54, 1.807) is 12.4 Å². The van der Waals surface area contributed by atoms with E-state index in [1.807, 2.05) is 31.3 Å². The number of rotatable bonds is 1. The summed E-state index contributed by atoms with van der Waals surface area (Å²) in [6, 6.07) is 7.91. The minimum absolute atomic E-state index is 0.709. The summed E-state index contributed by atoms with van der Waals surface area (Å²) in [6.45, 7) is 2.04. The SMILES string of the molecule is Cc1cnccc1-c1cc(Cl)c2cn[c]cc2c1. The van der Waals surface area contributed by atoms with Crippen LogP contribution < -0.4 is 0 Å². The molecule has 2 aromatic heterocycles. The maximum absolute atomic E-state index is 6.29. The molecule has 0 saturated heterocycles. The van der Waals surface area contributed by atoms with Gasteiger partial charge in [-0.2, -0.15) is 0 Å². The second-order valence-electron chi connectivity index (χ2n) is 4.18. The molecule has 3 heteroatoms. The zero-order valence-corrected chi connectivity index (χ0v) is 10.6. The van der Waals surface area contributed by atoms with Crippen LogP contribution in [0.3, 0.4) is 0 Å². The van der Waals surface area contributed by atoms with E-state index in [-0.39, 0.29) is 0 Å². The van der Waals surface area contributed by atoms with Gasteiger partial charge in [0.15, 0.2) is 0 Å². The summed E-state index contributed by atoms with van der Waals surface area (Å²) in [7, 11) is 0. The highest BCUT2D eigenvalue weighted by molar-refractivity contribution is 6.35. The molecule has 0 amide bonds. The number of benzene rings is 1. The molecule has 2 nitrogen and oxygen atoms in total. The van der Waals surface area contributed by atoms with E-state index in [1.165, 1.54) is 0 Å². The highest BCUT2D eigenvalue weighted by Gasteiger charge is 2.06. The van der Waals surface area contributed by atoms with Crippen molar-refractivity contribution in [2.75, 3.05) is 0 Å². The molecule has 0 atom stereocenters. The molecule has 0 aliphatic carbocycles. The molecule has 0 N–H and O–H groups in total. The van der Waals surface area contributed by atoms with Crippen molar-refractivity contribution in [2.24, 2.45) is 0 Å². The fourth-order valence-corrected chi connectivity index (χ4v) is 2.33. The molecule has 0 aliphatic heterocycles. The van der Waals surface area contributed by atoms with Crippen molar-refractivity contribution in [1.29, 1.82) is 0 Å². The Morgan fingerprint density at radius 3 is 2.94 bits per heavy atom. The lowest BCUT2D eigenvalue weighted by molar-refractivity contribution is 1.27. The molecular formula is C15H10ClN2. The molecule has 0 unspecified atom stereocenters. The van der Waals surface area contributed by atoms with Crippen LogP contribution in [0.1, 0.15) is 5.56 Å². The average molecular weight is 254 g/mol. The summed E-state index contributed by atoms with van der Waals surface area (Å²) in [5.41, 5.74) is 3.36. The fourth-order valence-electron chi connectivity index (χ4n) is 2.06. The molecule has 0 saturated carbocycles. The molecule has 1 radical (unpaired) electrons. The zero-order chi connectivity index (χ0) is 12.5. The van der Waals surface area contributed by atoms with Crippen molar-refractivity contribution in [1.82, 2.24) is 9.97 Å². The number of aromatic nitrogens is 2. The van der Waals surface area contributed by atoms with Crippen LogP contribution in [0.4, 0.5) is 0 Å². The Labute approximate surface area is 110 Å². The molecule has 18 heavy (non-hydrogen) atoms. The minimum atomic E-state index is 0.709. The molecule has 3 rings (SSSR count). The van der Waals surface area contributed by atoms with Crippen molar-refractivity contribution in [3.63, 3.8) is 0 Å². The van der Waals surface area contributed by atoms with Gasteiger partial charge in [0, 0.05) is 24.0 Å². The number of fused-ring (bicyclic) bond motifs is 1. The van der Waals surface area contributed by atoms with Crippen LogP contribution in [-0.4, -0.2) is 9.97 Å². The second kappa shape index (κ2) is 4.39. The largest absolute Gasteiger partial charge is 0.264 e. The van der Waals surface area contributed by atoms with Crippen LogP contribution in [-0.2, 0) is 0 Å².